The van der Waals surface area contributed by atoms with E-state index in [0.29, 0.717) is 0 Å². The number of ether oxygens (including phenoxy) is 1. The van der Waals surface area contributed by atoms with Gasteiger partial charge in [-0.25, -0.2) is 4.39 Å². The van der Waals surface area contributed by atoms with Gasteiger partial charge < -0.3 is 15.2 Å². The van der Waals surface area contributed by atoms with Crippen molar-refractivity contribution in [1.82, 2.24) is 5.32 Å². The monoisotopic (exact) mass is 295 g/mol. The number of halogens is 1. The van der Waals surface area contributed by atoms with E-state index in [1.807, 2.05) is 11.4 Å². The molecule has 1 atom stereocenters. The van der Waals surface area contributed by atoms with Gasteiger partial charge in [-0.2, -0.15) is 0 Å². The Morgan fingerprint density at radius 1 is 1.35 bits per heavy atom. The number of hydrogen-bond donors (Lipinski definition) is 2. The van der Waals surface area contributed by atoms with Crippen molar-refractivity contribution in [3.8, 4) is 5.75 Å². The zero-order valence-electron chi connectivity index (χ0n) is 10.6. The lowest BCUT2D eigenvalue weighted by Gasteiger charge is -2.11. The third kappa shape index (κ3) is 4.04. The molecule has 106 valence electrons. The number of benzene rings is 1. The van der Waals surface area contributed by atoms with Gasteiger partial charge in [-0.15, -0.1) is 11.3 Å². The Morgan fingerprint density at radius 3 is 2.85 bits per heavy atom. The van der Waals surface area contributed by atoms with Gasteiger partial charge in [0.15, 0.2) is 18.2 Å². The molecule has 0 saturated heterocycles. The third-order valence-electron chi connectivity index (χ3n) is 2.56. The number of hydrogen-bond acceptors (Lipinski definition) is 4. The standard InChI is InChI=1S/C14H14FNO3S/c15-10-4-1-2-5-12(10)19-9-14(18)16-8-11(17)13-6-3-7-20-13/h1-7,11,17H,8-9H2,(H,16,18)/t11-/m1/s1. The van der Waals surface area contributed by atoms with Gasteiger partial charge in [-0.05, 0) is 23.6 Å². The Balaban J connectivity index is 1.75. The smallest absolute Gasteiger partial charge is 0.258 e. The van der Waals surface area contributed by atoms with Crippen molar-refractivity contribution in [2.45, 2.75) is 6.10 Å². The van der Waals surface area contributed by atoms with Crippen molar-refractivity contribution < 1.29 is 19.0 Å². The first kappa shape index (κ1) is 14.5. The number of amides is 1. The lowest BCUT2D eigenvalue weighted by atomic mass is 10.3. The predicted molar refractivity (Wildman–Crippen MR) is 74.2 cm³/mol. The van der Waals surface area contributed by atoms with Gasteiger partial charge in [-0.3, -0.25) is 4.79 Å². The van der Waals surface area contributed by atoms with E-state index in [-0.39, 0.29) is 18.9 Å². The predicted octanol–water partition coefficient (Wildman–Crippen LogP) is 2.12. The maximum atomic E-state index is 13.2. The minimum absolute atomic E-state index is 0.0291. The number of aliphatic hydroxyl groups is 1. The molecular formula is C14H14FNO3S. The minimum Gasteiger partial charge on any atom is -0.481 e. The summed E-state index contributed by atoms with van der Waals surface area (Å²) in [7, 11) is 0. The van der Waals surface area contributed by atoms with E-state index in [1.165, 1.54) is 23.5 Å². The molecule has 20 heavy (non-hydrogen) atoms. The zero-order valence-corrected chi connectivity index (χ0v) is 11.4. The fourth-order valence-electron chi connectivity index (χ4n) is 1.55. The molecule has 2 N–H and O–H groups in total. The summed E-state index contributed by atoms with van der Waals surface area (Å²) in [5.74, 6) is -0.899. The van der Waals surface area contributed by atoms with Crippen molar-refractivity contribution in [2.24, 2.45) is 0 Å². The number of para-hydroxylation sites is 1. The highest BCUT2D eigenvalue weighted by Gasteiger charge is 2.11. The van der Waals surface area contributed by atoms with Crippen LogP contribution >= 0.6 is 11.3 Å². The van der Waals surface area contributed by atoms with Crippen LogP contribution in [0.1, 0.15) is 11.0 Å². The van der Waals surface area contributed by atoms with Crippen LogP contribution in [-0.2, 0) is 4.79 Å². The SMILES string of the molecule is O=C(COc1ccccc1F)NC[C@@H](O)c1cccs1. The number of thiophene rings is 1. The lowest BCUT2D eigenvalue weighted by Crippen LogP contribution is -2.32. The summed E-state index contributed by atoms with van der Waals surface area (Å²) in [4.78, 5) is 12.3. The molecule has 0 fully saturated rings. The average Bonchev–Trinajstić information content (AvgIpc) is 2.98. The largest absolute Gasteiger partial charge is 0.481 e. The van der Waals surface area contributed by atoms with E-state index in [0.717, 1.165) is 4.88 Å². The van der Waals surface area contributed by atoms with Crippen LogP contribution in [0, 0.1) is 5.82 Å². The Kier molecular flexibility index (Phi) is 5.09. The van der Waals surface area contributed by atoms with Crippen molar-refractivity contribution in [3.05, 3.63) is 52.5 Å². The van der Waals surface area contributed by atoms with Gasteiger partial charge in [0, 0.05) is 11.4 Å². The molecule has 0 aliphatic rings. The number of aliphatic hydroxyl groups excluding tert-OH is 1. The molecule has 2 aromatic rings. The van der Waals surface area contributed by atoms with E-state index in [9.17, 15) is 14.3 Å². The molecule has 1 amide bonds. The van der Waals surface area contributed by atoms with Gasteiger partial charge >= 0.3 is 0 Å². The summed E-state index contributed by atoms with van der Waals surface area (Å²) in [6.45, 7) is -0.196. The van der Waals surface area contributed by atoms with Gasteiger partial charge in [0.05, 0.1) is 0 Å². The second-order valence-corrected chi connectivity index (χ2v) is 5.03. The van der Waals surface area contributed by atoms with E-state index in [4.69, 9.17) is 4.74 Å². The number of carbonyl (C=O) groups excluding carboxylic acids is 1. The average molecular weight is 295 g/mol. The molecule has 6 heteroatoms. The molecular weight excluding hydrogens is 281 g/mol. The van der Waals surface area contributed by atoms with Crippen LogP contribution in [0.15, 0.2) is 41.8 Å². The second-order valence-electron chi connectivity index (χ2n) is 4.05. The molecule has 0 aliphatic heterocycles. The normalized spacial score (nSPS) is 11.9. The highest BCUT2D eigenvalue weighted by molar-refractivity contribution is 7.10. The lowest BCUT2D eigenvalue weighted by molar-refractivity contribution is -0.123. The van der Waals surface area contributed by atoms with Gasteiger partial charge in [0.25, 0.3) is 5.91 Å². The maximum Gasteiger partial charge on any atom is 0.258 e. The summed E-state index contributed by atoms with van der Waals surface area (Å²) < 4.78 is 18.3. The molecule has 4 nitrogen and oxygen atoms in total. The van der Waals surface area contributed by atoms with Crippen LogP contribution in [-0.4, -0.2) is 24.2 Å². The quantitative estimate of drug-likeness (QED) is 0.858. The van der Waals surface area contributed by atoms with Crippen LogP contribution in [0.25, 0.3) is 0 Å². The van der Waals surface area contributed by atoms with Crippen LogP contribution < -0.4 is 10.1 Å². The molecule has 0 bridgehead atoms. The molecule has 1 aromatic carbocycles. The Bertz CT molecular complexity index is 559. The van der Waals surface area contributed by atoms with Crippen molar-refractivity contribution in [1.29, 1.82) is 0 Å². The van der Waals surface area contributed by atoms with Gasteiger partial charge in [0.1, 0.15) is 6.10 Å². The van der Waals surface area contributed by atoms with Crippen LogP contribution in [0.3, 0.4) is 0 Å². The maximum absolute atomic E-state index is 13.2. The van der Waals surface area contributed by atoms with E-state index < -0.39 is 17.8 Å². The van der Waals surface area contributed by atoms with Crippen molar-refractivity contribution >= 4 is 17.2 Å². The molecule has 2 rings (SSSR count). The van der Waals surface area contributed by atoms with Gasteiger partial charge in [0.2, 0.25) is 0 Å². The molecule has 1 aromatic heterocycles. The summed E-state index contributed by atoms with van der Waals surface area (Å²) in [5, 5.41) is 14.2. The van der Waals surface area contributed by atoms with Crippen LogP contribution in [0.4, 0.5) is 4.39 Å². The van der Waals surface area contributed by atoms with E-state index in [1.54, 1.807) is 18.2 Å². The molecule has 0 saturated carbocycles. The fraction of sp³-hybridized carbons (Fsp3) is 0.214. The second kappa shape index (κ2) is 7.02. The minimum atomic E-state index is -0.743. The first-order valence-corrected chi connectivity index (χ1v) is 6.90. The number of rotatable bonds is 6. The highest BCUT2D eigenvalue weighted by Crippen LogP contribution is 2.18. The summed E-state index contributed by atoms with van der Waals surface area (Å²) >= 11 is 1.41. The van der Waals surface area contributed by atoms with Crippen molar-refractivity contribution in [3.63, 3.8) is 0 Å². The van der Waals surface area contributed by atoms with Crippen LogP contribution in [0.2, 0.25) is 0 Å². The number of nitrogens with one attached hydrogen (secondary N) is 1. The Morgan fingerprint density at radius 2 is 2.15 bits per heavy atom. The van der Waals surface area contributed by atoms with Crippen molar-refractivity contribution in [2.75, 3.05) is 13.2 Å². The Labute approximate surface area is 119 Å². The van der Waals surface area contributed by atoms with E-state index in [2.05, 4.69) is 5.32 Å². The molecule has 1 heterocycles. The topological polar surface area (TPSA) is 58.6 Å². The van der Waals surface area contributed by atoms with Crippen LogP contribution in [0.5, 0.6) is 5.75 Å². The molecule has 0 aliphatic carbocycles. The first-order valence-electron chi connectivity index (χ1n) is 6.02. The van der Waals surface area contributed by atoms with Gasteiger partial charge in [-0.1, -0.05) is 18.2 Å². The molecule has 0 spiro atoms. The molecule has 0 unspecified atom stereocenters. The highest BCUT2D eigenvalue weighted by atomic mass is 32.1. The summed E-state index contributed by atoms with van der Waals surface area (Å²) in [5.41, 5.74) is 0. The molecule has 0 radical (unpaired) electrons. The summed E-state index contributed by atoms with van der Waals surface area (Å²) in [6, 6.07) is 9.48. The first-order chi connectivity index (χ1) is 9.66. The Hall–Kier alpha value is -1.92. The van der Waals surface area contributed by atoms with E-state index >= 15 is 0 Å². The fourth-order valence-corrected chi connectivity index (χ4v) is 2.26. The zero-order chi connectivity index (χ0) is 14.4. The summed E-state index contributed by atoms with van der Waals surface area (Å²) in [6.07, 6.45) is -0.743. The third-order valence-corrected chi connectivity index (χ3v) is 3.53. The number of carbonyl (C=O) groups is 1.